The van der Waals surface area contributed by atoms with Gasteiger partial charge in [-0.1, -0.05) is 187 Å². The van der Waals surface area contributed by atoms with Gasteiger partial charge in [-0.15, -0.1) is 0 Å². The van der Waals surface area contributed by atoms with Gasteiger partial charge >= 0.3 is 25.7 Å². The van der Waals surface area contributed by atoms with Crippen molar-refractivity contribution in [2.75, 3.05) is 19.8 Å². The summed E-state index contributed by atoms with van der Waals surface area (Å²) < 4.78 is 32.5. The number of carbonyl (C=O) groups is 3. The number of hydrogen-bond donors (Lipinski definition) is 3. The molecule has 314 valence electrons. The smallest absolute Gasteiger partial charge is 0.472 e. The van der Waals surface area contributed by atoms with Crippen LogP contribution < -0.4 is 5.73 Å². The van der Waals surface area contributed by atoms with Crippen LogP contribution in [0.3, 0.4) is 0 Å². The number of aliphatic carboxylic acids is 1. The van der Waals surface area contributed by atoms with Gasteiger partial charge in [0.05, 0.1) is 13.2 Å². The number of rotatable bonds is 41. The standard InChI is InChI=1S/C41H80NO10P/c1-3-5-7-9-11-12-13-14-15-16-17-18-19-20-21-22-23-24-25-27-28-30-32-39(43)49-34-37(35-50-53(47,48)51-36-38(42)41(45)46)52-40(44)33-31-29-26-10-8-6-4-2/h37-38H,3-36,42H2,1-2H3,(H,45,46)(H,47,48)/t37-,38+/m0/s1. The maximum Gasteiger partial charge on any atom is 0.472 e. The Morgan fingerprint density at radius 3 is 1.19 bits per heavy atom. The van der Waals surface area contributed by atoms with E-state index in [-0.39, 0.29) is 19.4 Å². The summed E-state index contributed by atoms with van der Waals surface area (Å²) in [4.78, 5) is 45.7. The van der Waals surface area contributed by atoms with Gasteiger partial charge in [0.1, 0.15) is 12.6 Å². The molecule has 0 bridgehead atoms. The molecule has 0 aromatic heterocycles. The largest absolute Gasteiger partial charge is 0.480 e. The van der Waals surface area contributed by atoms with E-state index in [1.807, 2.05) is 0 Å². The number of nitrogens with two attached hydrogens (primary N) is 1. The Bertz CT molecular complexity index is 921. The van der Waals surface area contributed by atoms with E-state index < -0.39 is 51.1 Å². The van der Waals surface area contributed by atoms with Crippen molar-refractivity contribution in [3.63, 3.8) is 0 Å². The highest BCUT2D eigenvalue weighted by atomic mass is 31.2. The fourth-order valence-corrected chi connectivity index (χ4v) is 6.96. The maximum atomic E-state index is 12.5. The number of carbonyl (C=O) groups excluding carboxylic acids is 2. The van der Waals surface area contributed by atoms with E-state index in [1.54, 1.807) is 0 Å². The molecule has 1 unspecified atom stereocenters. The van der Waals surface area contributed by atoms with Gasteiger partial charge in [-0.2, -0.15) is 0 Å². The van der Waals surface area contributed by atoms with Crippen molar-refractivity contribution in [2.24, 2.45) is 5.73 Å². The van der Waals surface area contributed by atoms with Crippen LogP contribution in [0.4, 0.5) is 0 Å². The highest BCUT2D eigenvalue weighted by Crippen LogP contribution is 2.43. The van der Waals surface area contributed by atoms with E-state index in [0.717, 1.165) is 44.9 Å². The van der Waals surface area contributed by atoms with Crippen molar-refractivity contribution in [3.05, 3.63) is 0 Å². The van der Waals surface area contributed by atoms with Crippen LogP contribution in [-0.4, -0.2) is 59.9 Å². The Morgan fingerprint density at radius 1 is 0.509 bits per heavy atom. The van der Waals surface area contributed by atoms with Crippen molar-refractivity contribution < 1.29 is 47.5 Å². The minimum atomic E-state index is -4.70. The third-order valence-corrected chi connectivity index (χ3v) is 10.6. The number of phosphoric acid groups is 1. The van der Waals surface area contributed by atoms with E-state index >= 15 is 0 Å². The van der Waals surface area contributed by atoms with Crippen LogP contribution in [-0.2, 0) is 37.5 Å². The summed E-state index contributed by atoms with van der Waals surface area (Å²) in [5, 5.41) is 8.85. The molecule has 11 nitrogen and oxygen atoms in total. The van der Waals surface area contributed by atoms with Crippen LogP contribution in [0.5, 0.6) is 0 Å². The number of carboxylic acid groups (broad SMARTS) is 1. The number of unbranched alkanes of at least 4 members (excludes halogenated alkanes) is 27. The molecule has 53 heavy (non-hydrogen) atoms. The lowest BCUT2D eigenvalue weighted by atomic mass is 10.0. The van der Waals surface area contributed by atoms with Crippen LogP contribution in [0.25, 0.3) is 0 Å². The second-order valence-corrected chi connectivity index (χ2v) is 16.3. The Kier molecular flexibility index (Phi) is 36.3. The number of esters is 2. The number of hydrogen-bond acceptors (Lipinski definition) is 9. The van der Waals surface area contributed by atoms with E-state index in [4.69, 9.17) is 24.8 Å². The molecule has 0 saturated carbocycles. The van der Waals surface area contributed by atoms with E-state index in [2.05, 4.69) is 18.4 Å². The highest BCUT2D eigenvalue weighted by molar-refractivity contribution is 7.47. The third kappa shape index (κ3) is 37.2. The van der Waals surface area contributed by atoms with Crippen LogP contribution >= 0.6 is 7.82 Å². The van der Waals surface area contributed by atoms with Gasteiger partial charge in [-0.25, -0.2) is 4.57 Å². The molecular formula is C41H80NO10P. The maximum absolute atomic E-state index is 12.5. The zero-order valence-electron chi connectivity index (χ0n) is 33.9. The molecule has 0 spiro atoms. The van der Waals surface area contributed by atoms with Crippen LogP contribution in [0.15, 0.2) is 0 Å². The van der Waals surface area contributed by atoms with E-state index in [9.17, 15) is 23.8 Å². The van der Waals surface area contributed by atoms with E-state index in [0.29, 0.717) is 12.8 Å². The minimum absolute atomic E-state index is 0.165. The van der Waals surface area contributed by atoms with Gasteiger partial charge in [-0.05, 0) is 12.8 Å². The molecule has 12 heteroatoms. The van der Waals surface area contributed by atoms with Crippen LogP contribution in [0.1, 0.15) is 213 Å². The summed E-state index contributed by atoms with van der Waals surface area (Å²) >= 11 is 0. The minimum Gasteiger partial charge on any atom is -0.480 e. The third-order valence-electron chi connectivity index (χ3n) is 9.61. The van der Waals surface area contributed by atoms with Crippen molar-refractivity contribution in [2.45, 2.75) is 225 Å². The first-order chi connectivity index (χ1) is 25.6. The predicted molar refractivity (Wildman–Crippen MR) is 213 cm³/mol. The number of phosphoric ester groups is 1. The molecule has 0 aliphatic rings. The first-order valence-electron chi connectivity index (χ1n) is 21.6. The average molecular weight is 778 g/mol. The van der Waals surface area contributed by atoms with Gasteiger partial charge in [0.15, 0.2) is 6.10 Å². The molecule has 0 aliphatic heterocycles. The van der Waals surface area contributed by atoms with Gasteiger partial charge in [0.25, 0.3) is 0 Å². The number of ether oxygens (including phenoxy) is 2. The molecule has 0 heterocycles. The van der Waals surface area contributed by atoms with Gasteiger partial charge < -0.3 is 25.2 Å². The zero-order valence-corrected chi connectivity index (χ0v) is 34.8. The predicted octanol–water partition coefficient (Wildman–Crippen LogP) is 11.1. The van der Waals surface area contributed by atoms with Crippen molar-refractivity contribution >= 4 is 25.7 Å². The molecule has 0 aliphatic carbocycles. The zero-order chi connectivity index (χ0) is 39.3. The second-order valence-electron chi connectivity index (χ2n) is 14.8. The van der Waals surface area contributed by atoms with Crippen LogP contribution in [0.2, 0.25) is 0 Å². The molecule has 0 fully saturated rings. The fraction of sp³-hybridized carbons (Fsp3) is 0.927. The van der Waals surface area contributed by atoms with Gasteiger partial charge in [0.2, 0.25) is 0 Å². The number of carboxylic acids is 1. The SMILES string of the molecule is CCCCCCCCCCCCCCCCCCCCCCCCC(=O)OC[C@@H](COP(=O)(O)OC[C@@H](N)C(=O)O)OC(=O)CCCCCCCCC. The summed E-state index contributed by atoms with van der Waals surface area (Å²) in [6, 6.07) is -1.51. The molecule has 0 aromatic rings. The Labute approximate surface area is 323 Å². The van der Waals surface area contributed by atoms with Crippen LogP contribution in [0, 0.1) is 0 Å². The molecule has 0 radical (unpaired) electrons. The lowest BCUT2D eigenvalue weighted by Gasteiger charge is -2.20. The lowest BCUT2D eigenvalue weighted by Crippen LogP contribution is -2.34. The monoisotopic (exact) mass is 778 g/mol. The summed E-state index contributed by atoms with van der Waals surface area (Å²) in [5.74, 6) is -2.37. The molecule has 3 atom stereocenters. The van der Waals surface area contributed by atoms with Crippen molar-refractivity contribution in [1.82, 2.24) is 0 Å². The summed E-state index contributed by atoms with van der Waals surface area (Å²) in [6.07, 6.45) is 35.0. The Balaban J connectivity index is 4.08. The summed E-state index contributed by atoms with van der Waals surface area (Å²) in [7, 11) is -4.70. The summed E-state index contributed by atoms with van der Waals surface area (Å²) in [6.45, 7) is 2.77. The van der Waals surface area contributed by atoms with Crippen molar-refractivity contribution in [3.8, 4) is 0 Å². The Hall–Kier alpha value is -1.52. The lowest BCUT2D eigenvalue weighted by molar-refractivity contribution is -0.161. The highest BCUT2D eigenvalue weighted by Gasteiger charge is 2.28. The normalized spacial score (nSPS) is 13.7. The first kappa shape index (κ1) is 51.5. The van der Waals surface area contributed by atoms with E-state index in [1.165, 1.54) is 128 Å². The van der Waals surface area contributed by atoms with Gasteiger partial charge in [-0.3, -0.25) is 23.4 Å². The topological polar surface area (TPSA) is 172 Å². The Morgan fingerprint density at radius 2 is 0.830 bits per heavy atom. The van der Waals surface area contributed by atoms with Gasteiger partial charge in [0, 0.05) is 12.8 Å². The summed E-state index contributed by atoms with van der Waals surface area (Å²) in [5.41, 5.74) is 5.31. The average Bonchev–Trinajstić information content (AvgIpc) is 3.13. The second kappa shape index (κ2) is 37.4. The van der Waals surface area contributed by atoms with Crippen molar-refractivity contribution in [1.29, 1.82) is 0 Å². The molecule has 4 N–H and O–H groups in total. The molecule has 0 rings (SSSR count). The quantitative estimate of drug-likeness (QED) is 0.0306. The molecule has 0 saturated heterocycles. The first-order valence-corrected chi connectivity index (χ1v) is 23.1. The molecule has 0 aromatic carbocycles. The fourth-order valence-electron chi connectivity index (χ4n) is 6.18. The molecule has 0 amide bonds. The molecular weight excluding hydrogens is 697 g/mol.